The number of nitrogens with zero attached hydrogens (tertiary/aromatic N) is 2. The summed E-state index contributed by atoms with van der Waals surface area (Å²) in [5.41, 5.74) is 12.1. The maximum absolute atomic E-state index is 5.82. The van der Waals surface area contributed by atoms with E-state index in [2.05, 4.69) is 9.97 Å². The number of aryl methyl sites for hydroxylation is 1. The first-order valence-corrected chi connectivity index (χ1v) is 5.61. The number of aromatic nitrogens is 2. The Morgan fingerprint density at radius 2 is 1.75 bits per heavy atom. The molecule has 0 spiro atoms. The second-order valence-corrected chi connectivity index (χ2v) is 4.38. The molecule has 82 valence electrons. The van der Waals surface area contributed by atoms with Crippen LogP contribution in [0.15, 0.2) is 40.1 Å². The van der Waals surface area contributed by atoms with Gasteiger partial charge in [0.2, 0.25) is 5.95 Å². The third-order valence-electron chi connectivity index (χ3n) is 2.04. The molecule has 0 saturated heterocycles. The van der Waals surface area contributed by atoms with Crippen LogP contribution in [0.2, 0.25) is 0 Å². The number of nitrogen functional groups attached to an aromatic ring is 2. The SMILES string of the molecule is Cc1nc(N)nc(N)c1Sc1ccccc1. The quantitative estimate of drug-likeness (QED) is 0.829. The molecule has 0 fully saturated rings. The van der Waals surface area contributed by atoms with E-state index in [1.54, 1.807) is 11.8 Å². The molecule has 4 nitrogen and oxygen atoms in total. The van der Waals surface area contributed by atoms with E-state index in [-0.39, 0.29) is 5.95 Å². The standard InChI is InChI=1S/C11H12N4S/c1-7-9(10(12)15-11(13)14-7)16-8-5-3-2-4-6-8/h2-6H,1H3,(H4,12,13,14,15). The fourth-order valence-corrected chi connectivity index (χ4v) is 2.21. The lowest BCUT2D eigenvalue weighted by molar-refractivity contribution is 1.05. The lowest BCUT2D eigenvalue weighted by atomic mass is 10.4. The van der Waals surface area contributed by atoms with E-state index in [1.807, 2.05) is 37.3 Å². The van der Waals surface area contributed by atoms with E-state index in [0.717, 1.165) is 15.5 Å². The smallest absolute Gasteiger partial charge is 0.222 e. The summed E-state index contributed by atoms with van der Waals surface area (Å²) in [4.78, 5) is 10.0. The van der Waals surface area contributed by atoms with Crippen LogP contribution in [0.4, 0.5) is 11.8 Å². The number of hydrogen-bond acceptors (Lipinski definition) is 5. The summed E-state index contributed by atoms with van der Waals surface area (Å²) in [6.07, 6.45) is 0. The number of anilines is 2. The third kappa shape index (κ3) is 2.25. The lowest BCUT2D eigenvalue weighted by Crippen LogP contribution is -2.03. The van der Waals surface area contributed by atoms with Crippen LogP contribution in [0.5, 0.6) is 0 Å². The van der Waals surface area contributed by atoms with Gasteiger partial charge in [0.1, 0.15) is 5.82 Å². The number of rotatable bonds is 2. The van der Waals surface area contributed by atoms with Gasteiger partial charge in [-0.05, 0) is 19.1 Å². The zero-order valence-corrected chi connectivity index (χ0v) is 9.66. The van der Waals surface area contributed by atoms with Gasteiger partial charge in [-0.1, -0.05) is 30.0 Å². The molecule has 0 atom stereocenters. The number of hydrogen-bond donors (Lipinski definition) is 2. The van der Waals surface area contributed by atoms with Crippen LogP contribution < -0.4 is 11.5 Å². The molecule has 0 aliphatic rings. The predicted octanol–water partition coefficient (Wildman–Crippen LogP) is 2.10. The Hall–Kier alpha value is -1.75. The number of benzene rings is 1. The average Bonchev–Trinajstić information content (AvgIpc) is 2.25. The Labute approximate surface area is 98.1 Å². The van der Waals surface area contributed by atoms with Gasteiger partial charge >= 0.3 is 0 Å². The van der Waals surface area contributed by atoms with Gasteiger partial charge in [0.05, 0.1) is 10.6 Å². The van der Waals surface area contributed by atoms with Gasteiger partial charge in [-0.25, -0.2) is 4.98 Å². The zero-order chi connectivity index (χ0) is 11.5. The second kappa shape index (κ2) is 4.40. The van der Waals surface area contributed by atoms with Gasteiger partial charge in [-0.2, -0.15) is 4.98 Å². The van der Waals surface area contributed by atoms with Crippen molar-refractivity contribution in [1.29, 1.82) is 0 Å². The zero-order valence-electron chi connectivity index (χ0n) is 8.84. The largest absolute Gasteiger partial charge is 0.383 e. The molecule has 16 heavy (non-hydrogen) atoms. The molecule has 0 unspecified atom stereocenters. The summed E-state index contributed by atoms with van der Waals surface area (Å²) >= 11 is 1.54. The molecule has 2 rings (SSSR count). The number of nitrogens with two attached hydrogens (primary N) is 2. The van der Waals surface area contributed by atoms with Crippen molar-refractivity contribution in [2.75, 3.05) is 11.5 Å². The van der Waals surface area contributed by atoms with Crippen molar-refractivity contribution in [2.24, 2.45) is 0 Å². The molecule has 1 heterocycles. The van der Waals surface area contributed by atoms with Crippen LogP contribution in [0, 0.1) is 6.92 Å². The summed E-state index contributed by atoms with van der Waals surface area (Å²) in [7, 11) is 0. The first-order valence-electron chi connectivity index (χ1n) is 4.79. The summed E-state index contributed by atoms with van der Waals surface area (Å²) in [6.45, 7) is 1.87. The Morgan fingerprint density at radius 3 is 2.38 bits per heavy atom. The van der Waals surface area contributed by atoms with Crippen molar-refractivity contribution >= 4 is 23.5 Å². The molecule has 5 heteroatoms. The molecule has 0 aliphatic heterocycles. The molecule has 0 saturated carbocycles. The van der Waals surface area contributed by atoms with E-state index in [0.29, 0.717) is 5.82 Å². The Kier molecular flexibility index (Phi) is 2.96. The van der Waals surface area contributed by atoms with Gasteiger partial charge in [0.15, 0.2) is 0 Å². The van der Waals surface area contributed by atoms with Gasteiger partial charge in [-0.15, -0.1) is 0 Å². The van der Waals surface area contributed by atoms with Gasteiger partial charge in [0, 0.05) is 4.90 Å². The van der Waals surface area contributed by atoms with Crippen molar-refractivity contribution in [3.05, 3.63) is 36.0 Å². The lowest BCUT2D eigenvalue weighted by Gasteiger charge is -2.07. The van der Waals surface area contributed by atoms with Crippen molar-refractivity contribution in [3.8, 4) is 0 Å². The van der Waals surface area contributed by atoms with Gasteiger partial charge in [0.25, 0.3) is 0 Å². The first-order chi connectivity index (χ1) is 7.66. The minimum absolute atomic E-state index is 0.215. The molecular formula is C11H12N4S. The van der Waals surface area contributed by atoms with E-state index in [1.165, 1.54) is 0 Å². The molecule has 2 aromatic rings. The highest BCUT2D eigenvalue weighted by Gasteiger charge is 2.09. The average molecular weight is 232 g/mol. The summed E-state index contributed by atoms with van der Waals surface area (Å²) in [5, 5.41) is 0. The Morgan fingerprint density at radius 1 is 1.06 bits per heavy atom. The molecular weight excluding hydrogens is 220 g/mol. The van der Waals surface area contributed by atoms with Crippen LogP contribution in [0.1, 0.15) is 5.69 Å². The van der Waals surface area contributed by atoms with Crippen LogP contribution in [0.25, 0.3) is 0 Å². The molecule has 0 amide bonds. The fraction of sp³-hybridized carbons (Fsp3) is 0.0909. The summed E-state index contributed by atoms with van der Waals surface area (Å²) < 4.78 is 0. The maximum Gasteiger partial charge on any atom is 0.222 e. The normalized spacial score (nSPS) is 10.3. The highest BCUT2D eigenvalue weighted by Crippen LogP contribution is 2.32. The molecule has 0 radical (unpaired) electrons. The minimum Gasteiger partial charge on any atom is -0.383 e. The van der Waals surface area contributed by atoms with E-state index >= 15 is 0 Å². The van der Waals surface area contributed by atoms with E-state index < -0.39 is 0 Å². The summed E-state index contributed by atoms with van der Waals surface area (Å²) in [5.74, 6) is 0.645. The molecule has 1 aromatic carbocycles. The fourth-order valence-electron chi connectivity index (χ4n) is 1.34. The minimum atomic E-state index is 0.215. The van der Waals surface area contributed by atoms with E-state index in [4.69, 9.17) is 11.5 Å². The first kappa shape index (κ1) is 10.8. The topological polar surface area (TPSA) is 77.8 Å². The highest BCUT2D eigenvalue weighted by atomic mass is 32.2. The van der Waals surface area contributed by atoms with Crippen LogP contribution in [-0.2, 0) is 0 Å². The van der Waals surface area contributed by atoms with Gasteiger partial charge < -0.3 is 11.5 Å². The monoisotopic (exact) mass is 232 g/mol. The highest BCUT2D eigenvalue weighted by molar-refractivity contribution is 7.99. The van der Waals surface area contributed by atoms with Crippen molar-refractivity contribution in [2.45, 2.75) is 16.7 Å². The molecule has 0 bridgehead atoms. The Balaban J connectivity index is 2.35. The van der Waals surface area contributed by atoms with Crippen molar-refractivity contribution < 1.29 is 0 Å². The molecule has 0 aliphatic carbocycles. The predicted molar refractivity (Wildman–Crippen MR) is 66.2 cm³/mol. The third-order valence-corrected chi connectivity index (χ3v) is 3.26. The van der Waals surface area contributed by atoms with Crippen molar-refractivity contribution in [1.82, 2.24) is 9.97 Å². The summed E-state index contributed by atoms with van der Waals surface area (Å²) in [6, 6.07) is 9.96. The van der Waals surface area contributed by atoms with Crippen LogP contribution in [0.3, 0.4) is 0 Å². The molecule has 1 aromatic heterocycles. The van der Waals surface area contributed by atoms with Crippen molar-refractivity contribution in [3.63, 3.8) is 0 Å². The van der Waals surface area contributed by atoms with E-state index in [9.17, 15) is 0 Å². The van der Waals surface area contributed by atoms with Crippen LogP contribution in [-0.4, -0.2) is 9.97 Å². The van der Waals surface area contributed by atoms with Crippen LogP contribution >= 0.6 is 11.8 Å². The Bertz CT molecular complexity index is 476. The second-order valence-electron chi connectivity index (χ2n) is 3.30. The molecule has 4 N–H and O–H groups in total. The van der Waals surface area contributed by atoms with Gasteiger partial charge in [-0.3, -0.25) is 0 Å². The maximum atomic E-state index is 5.82.